The van der Waals surface area contributed by atoms with Crippen molar-refractivity contribution in [3.05, 3.63) is 108 Å². The molecule has 0 aromatic heterocycles. The highest BCUT2D eigenvalue weighted by Crippen LogP contribution is 2.29. The maximum absolute atomic E-state index is 6.44. The lowest BCUT2D eigenvalue weighted by Gasteiger charge is -2.44. The second kappa shape index (κ2) is 12.4. The summed E-state index contributed by atoms with van der Waals surface area (Å²) < 4.78 is 25.2. The van der Waals surface area contributed by atoms with Crippen molar-refractivity contribution in [2.75, 3.05) is 5.33 Å². The third-order valence-corrected chi connectivity index (χ3v) is 6.32. The number of halogens is 1. The van der Waals surface area contributed by atoms with Gasteiger partial charge in [-0.2, -0.15) is 0 Å². The number of hydrogen-bond acceptors (Lipinski definition) is 5. The Morgan fingerprint density at radius 1 is 0.606 bits per heavy atom. The molecule has 0 radical (unpaired) electrons. The largest absolute Gasteiger partial charge is 0.368 e. The van der Waals surface area contributed by atoms with Gasteiger partial charge < -0.3 is 24.7 Å². The molecular weight excluding hydrogens is 482 g/mol. The molecule has 0 bridgehead atoms. The first kappa shape index (κ1) is 24.1. The molecule has 1 aliphatic heterocycles. The lowest BCUT2D eigenvalue weighted by molar-refractivity contribution is -0.258. The van der Waals surface area contributed by atoms with Crippen molar-refractivity contribution in [1.82, 2.24) is 0 Å². The molecule has 33 heavy (non-hydrogen) atoms. The van der Waals surface area contributed by atoms with E-state index in [4.69, 9.17) is 24.7 Å². The number of hydrogen-bond donors (Lipinski definition) is 1. The van der Waals surface area contributed by atoms with E-state index in [1.807, 2.05) is 91.0 Å². The topological polar surface area (TPSA) is 62.9 Å². The predicted molar refractivity (Wildman–Crippen MR) is 132 cm³/mol. The molecule has 3 aromatic carbocycles. The van der Waals surface area contributed by atoms with Crippen LogP contribution in [0.4, 0.5) is 0 Å². The smallest absolute Gasteiger partial charge is 0.135 e. The zero-order valence-electron chi connectivity index (χ0n) is 18.5. The Morgan fingerprint density at radius 3 is 1.42 bits per heavy atom. The minimum absolute atomic E-state index is 0.263. The van der Waals surface area contributed by atoms with Crippen LogP contribution in [0.25, 0.3) is 0 Å². The minimum Gasteiger partial charge on any atom is -0.368 e. The average Bonchev–Trinajstić information content (AvgIpc) is 2.87. The molecule has 5 nitrogen and oxygen atoms in total. The lowest BCUT2D eigenvalue weighted by Crippen LogP contribution is -2.63. The quantitative estimate of drug-likeness (QED) is 0.395. The fourth-order valence-electron chi connectivity index (χ4n) is 3.95. The Kier molecular flexibility index (Phi) is 9.06. The first-order valence-electron chi connectivity index (χ1n) is 11.2. The predicted octanol–water partition coefficient (Wildman–Crippen LogP) is 4.82. The van der Waals surface area contributed by atoms with Crippen LogP contribution in [0, 0.1) is 0 Å². The molecule has 3 aromatic rings. The fourth-order valence-corrected chi connectivity index (χ4v) is 4.47. The number of benzene rings is 3. The van der Waals surface area contributed by atoms with E-state index in [1.54, 1.807) is 0 Å². The third-order valence-electron chi connectivity index (χ3n) is 5.68. The van der Waals surface area contributed by atoms with Gasteiger partial charge in [-0.1, -0.05) is 107 Å². The fraction of sp³-hybridized carbons (Fsp3) is 0.333. The van der Waals surface area contributed by atoms with Crippen LogP contribution in [0.3, 0.4) is 0 Å². The number of nitrogens with two attached hydrogens (primary N) is 1. The number of alkyl halides is 1. The molecule has 0 amide bonds. The van der Waals surface area contributed by atoms with Gasteiger partial charge in [-0.25, -0.2) is 0 Å². The van der Waals surface area contributed by atoms with Gasteiger partial charge in [0.05, 0.1) is 25.9 Å². The molecule has 0 aliphatic carbocycles. The monoisotopic (exact) mass is 511 g/mol. The Morgan fingerprint density at radius 2 is 1.00 bits per heavy atom. The molecule has 0 unspecified atom stereocenters. The molecular formula is C27H30BrNO4. The van der Waals surface area contributed by atoms with E-state index < -0.39 is 18.4 Å². The Labute approximate surface area is 203 Å². The maximum atomic E-state index is 6.44. The van der Waals surface area contributed by atoms with Crippen LogP contribution in [0.2, 0.25) is 0 Å². The van der Waals surface area contributed by atoms with Gasteiger partial charge in [0, 0.05) is 5.33 Å². The molecule has 0 spiro atoms. The van der Waals surface area contributed by atoms with Crippen LogP contribution >= 0.6 is 15.9 Å². The van der Waals surface area contributed by atoms with Gasteiger partial charge in [-0.3, -0.25) is 0 Å². The SMILES string of the molecule is N[C@H]1O[C@H](CBr)[C@@H](OCc2ccccc2)[C@H](OCc2ccccc2)[C@H]1OCc1ccccc1. The van der Waals surface area contributed by atoms with E-state index >= 15 is 0 Å². The summed E-state index contributed by atoms with van der Waals surface area (Å²) in [5, 5.41) is 0.580. The van der Waals surface area contributed by atoms with Gasteiger partial charge >= 0.3 is 0 Å². The molecule has 0 saturated carbocycles. The van der Waals surface area contributed by atoms with Gasteiger partial charge in [0.2, 0.25) is 0 Å². The standard InChI is InChI=1S/C27H30BrNO4/c28-16-23-24(30-17-20-10-4-1-5-11-20)25(31-18-21-12-6-2-7-13-21)26(27(29)33-23)32-19-22-14-8-3-9-15-22/h1-15,23-27H,16-19,29H2/t23-,24-,25+,26-,27+/m1/s1. The van der Waals surface area contributed by atoms with Crippen LogP contribution in [-0.4, -0.2) is 36.0 Å². The van der Waals surface area contributed by atoms with E-state index in [2.05, 4.69) is 15.9 Å². The second-order valence-electron chi connectivity index (χ2n) is 8.08. The van der Waals surface area contributed by atoms with Crippen molar-refractivity contribution in [3.63, 3.8) is 0 Å². The Bertz CT molecular complexity index is 944. The van der Waals surface area contributed by atoms with E-state index in [1.165, 1.54) is 0 Å². The lowest BCUT2D eigenvalue weighted by atomic mass is 9.98. The van der Waals surface area contributed by atoms with Crippen LogP contribution < -0.4 is 5.73 Å². The summed E-state index contributed by atoms with van der Waals surface area (Å²) in [6.07, 6.45) is -2.13. The zero-order chi connectivity index (χ0) is 22.9. The van der Waals surface area contributed by atoms with Gasteiger partial charge in [-0.05, 0) is 16.7 Å². The number of rotatable bonds is 10. The minimum atomic E-state index is -0.631. The Balaban J connectivity index is 1.53. The molecule has 4 rings (SSSR count). The van der Waals surface area contributed by atoms with Gasteiger partial charge in [-0.15, -0.1) is 0 Å². The molecule has 174 valence electrons. The van der Waals surface area contributed by atoms with Crippen molar-refractivity contribution in [1.29, 1.82) is 0 Å². The van der Waals surface area contributed by atoms with Crippen LogP contribution in [0.5, 0.6) is 0 Å². The summed E-state index contributed by atoms with van der Waals surface area (Å²) in [6, 6.07) is 30.2. The zero-order valence-corrected chi connectivity index (χ0v) is 20.0. The highest BCUT2D eigenvalue weighted by Gasteiger charge is 2.46. The van der Waals surface area contributed by atoms with Crippen molar-refractivity contribution in [2.24, 2.45) is 5.73 Å². The molecule has 1 saturated heterocycles. The normalized spacial score (nSPS) is 25.1. The maximum Gasteiger partial charge on any atom is 0.135 e. The van der Waals surface area contributed by atoms with Crippen molar-refractivity contribution < 1.29 is 18.9 Å². The summed E-state index contributed by atoms with van der Waals surface area (Å²) >= 11 is 3.57. The van der Waals surface area contributed by atoms with Gasteiger partial charge in [0.1, 0.15) is 24.5 Å². The molecule has 1 heterocycles. The highest BCUT2D eigenvalue weighted by atomic mass is 79.9. The second-order valence-corrected chi connectivity index (χ2v) is 8.72. The molecule has 2 N–H and O–H groups in total. The first-order valence-corrected chi connectivity index (χ1v) is 12.3. The van der Waals surface area contributed by atoms with Crippen LogP contribution in [-0.2, 0) is 38.8 Å². The van der Waals surface area contributed by atoms with Crippen molar-refractivity contribution >= 4 is 15.9 Å². The summed E-state index contributed by atoms with van der Waals surface area (Å²) in [7, 11) is 0. The van der Waals surface area contributed by atoms with E-state index in [0.29, 0.717) is 25.2 Å². The summed E-state index contributed by atoms with van der Waals surface area (Å²) in [5.74, 6) is 0. The van der Waals surface area contributed by atoms with E-state index in [0.717, 1.165) is 16.7 Å². The van der Waals surface area contributed by atoms with Gasteiger partial charge in [0.25, 0.3) is 0 Å². The van der Waals surface area contributed by atoms with E-state index in [9.17, 15) is 0 Å². The summed E-state index contributed by atoms with van der Waals surface area (Å²) in [5.41, 5.74) is 9.67. The van der Waals surface area contributed by atoms with Crippen LogP contribution in [0.15, 0.2) is 91.0 Å². The van der Waals surface area contributed by atoms with Crippen LogP contribution in [0.1, 0.15) is 16.7 Å². The van der Waals surface area contributed by atoms with Gasteiger partial charge in [0.15, 0.2) is 0 Å². The number of ether oxygens (including phenoxy) is 4. The summed E-state index contributed by atoms with van der Waals surface area (Å²) in [6.45, 7) is 1.30. The van der Waals surface area contributed by atoms with Crippen molar-refractivity contribution in [3.8, 4) is 0 Å². The molecule has 1 fully saturated rings. The third kappa shape index (κ3) is 6.73. The molecule has 6 heteroatoms. The van der Waals surface area contributed by atoms with E-state index in [-0.39, 0.29) is 12.2 Å². The highest BCUT2D eigenvalue weighted by molar-refractivity contribution is 9.09. The first-order chi connectivity index (χ1) is 16.2. The van der Waals surface area contributed by atoms with Crippen molar-refractivity contribution in [2.45, 2.75) is 50.5 Å². The molecule has 5 atom stereocenters. The Hall–Kier alpha value is -2.06. The molecule has 1 aliphatic rings. The summed E-state index contributed by atoms with van der Waals surface area (Å²) in [4.78, 5) is 0. The average molecular weight is 512 g/mol.